The number of hydrogen-bond acceptors (Lipinski definition) is 3. The average Bonchev–Trinajstić information content (AvgIpc) is 2.76. The molecular weight excluding hydrogens is 366 g/mol. The summed E-state index contributed by atoms with van der Waals surface area (Å²) >= 11 is 3.59. The fraction of sp³-hybridized carbons (Fsp3) is 0.647. The molecule has 0 radical (unpaired) electrons. The predicted molar refractivity (Wildman–Crippen MR) is 97.4 cm³/mol. The Balaban J connectivity index is 0.00000242. The second-order valence-electron chi connectivity index (χ2n) is 5.61. The van der Waals surface area contributed by atoms with E-state index in [4.69, 9.17) is 9.47 Å². The highest BCUT2D eigenvalue weighted by Crippen LogP contribution is 2.36. The van der Waals surface area contributed by atoms with Crippen LogP contribution in [0, 0.1) is 0 Å². The molecule has 126 valence electrons. The van der Waals surface area contributed by atoms with Crippen LogP contribution in [0.3, 0.4) is 0 Å². The van der Waals surface area contributed by atoms with E-state index in [2.05, 4.69) is 33.4 Å². The lowest BCUT2D eigenvalue weighted by molar-refractivity contribution is 0.308. The Morgan fingerprint density at radius 3 is 2.45 bits per heavy atom. The molecule has 1 N–H and O–H groups in total. The summed E-state index contributed by atoms with van der Waals surface area (Å²) in [6.07, 6.45) is 8.09. The summed E-state index contributed by atoms with van der Waals surface area (Å²) in [4.78, 5) is 0. The van der Waals surface area contributed by atoms with Crippen LogP contribution in [0.1, 0.15) is 51.0 Å². The highest BCUT2D eigenvalue weighted by molar-refractivity contribution is 9.10. The molecule has 2 rings (SSSR count). The molecule has 0 saturated heterocycles. The van der Waals surface area contributed by atoms with Crippen LogP contribution < -0.4 is 14.8 Å². The van der Waals surface area contributed by atoms with Crippen molar-refractivity contribution in [3.63, 3.8) is 0 Å². The van der Waals surface area contributed by atoms with Crippen molar-refractivity contribution in [2.45, 2.75) is 58.0 Å². The van der Waals surface area contributed by atoms with E-state index in [1.165, 1.54) is 44.1 Å². The summed E-state index contributed by atoms with van der Waals surface area (Å²) in [5, 5.41) is 3.69. The van der Waals surface area contributed by atoms with E-state index in [1.807, 2.05) is 6.92 Å². The van der Waals surface area contributed by atoms with Gasteiger partial charge >= 0.3 is 0 Å². The van der Waals surface area contributed by atoms with Crippen LogP contribution in [0.2, 0.25) is 0 Å². The van der Waals surface area contributed by atoms with Crippen LogP contribution in [0.4, 0.5) is 0 Å². The van der Waals surface area contributed by atoms with Crippen LogP contribution in [0.15, 0.2) is 16.6 Å². The van der Waals surface area contributed by atoms with Gasteiger partial charge in [-0.15, -0.1) is 12.4 Å². The first-order valence-electron chi connectivity index (χ1n) is 7.97. The smallest absolute Gasteiger partial charge is 0.175 e. The van der Waals surface area contributed by atoms with Crippen molar-refractivity contribution in [1.82, 2.24) is 5.32 Å². The molecule has 1 aliphatic carbocycles. The third-order valence-electron chi connectivity index (χ3n) is 4.03. The molecule has 1 aromatic carbocycles. The monoisotopic (exact) mass is 391 g/mol. The Labute approximate surface area is 148 Å². The molecule has 1 aromatic rings. The highest BCUT2D eigenvalue weighted by Gasteiger charge is 2.14. The number of methoxy groups -OCH3 is 1. The average molecular weight is 393 g/mol. The van der Waals surface area contributed by atoms with Gasteiger partial charge in [0.1, 0.15) is 0 Å². The Bertz CT molecular complexity index is 449. The molecule has 1 aliphatic rings. The molecule has 0 spiro atoms. The largest absolute Gasteiger partial charge is 0.493 e. The normalized spacial score (nSPS) is 15.8. The SMILES string of the molecule is CCOc1c(Br)cc(CNC2CCCCCC2)cc1OC.Cl. The molecule has 5 heteroatoms. The summed E-state index contributed by atoms with van der Waals surface area (Å²) in [6, 6.07) is 4.85. The van der Waals surface area contributed by atoms with E-state index in [-0.39, 0.29) is 12.4 Å². The van der Waals surface area contributed by atoms with Crippen LogP contribution in [0.5, 0.6) is 11.5 Å². The summed E-state index contributed by atoms with van der Waals surface area (Å²) < 4.78 is 12.0. The zero-order chi connectivity index (χ0) is 15.1. The number of rotatable bonds is 6. The molecule has 0 aromatic heterocycles. The highest BCUT2D eigenvalue weighted by atomic mass is 79.9. The van der Waals surface area contributed by atoms with Gasteiger partial charge in [0.2, 0.25) is 0 Å². The number of ether oxygens (including phenoxy) is 2. The molecule has 1 saturated carbocycles. The molecule has 0 unspecified atom stereocenters. The molecule has 3 nitrogen and oxygen atoms in total. The van der Waals surface area contributed by atoms with Gasteiger partial charge in [-0.1, -0.05) is 25.7 Å². The second kappa shape index (κ2) is 10.3. The van der Waals surface area contributed by atoms with Crippen LogP contribution in [-0.2, 0) is 6.54 Å². The first kappa shape index (κ1) is 19.6. The van der Waals surface area contributed by atoms with Crippen molar-refractivity contribution in [2.24, 2.45) is 0 Å². The fourth-order valence-electron chi connectivity index (χ4n) is 2.91. The molecule has 0 aliphatic heterocycles. The van der Waals surface area contributed by atoms with Crippen molar-refractivity contribution < 1.29 is 9.47 Å². The summed E-state index contributed by atoms with van der Waals surface area (Å²) in [7, 11) is 1.69. The topological polar surface area (TPSA) is 30.5 Å². The van der Waals surface area contributed by atoms with Gasteiger partial charge in [0.15, 0.2) is 11.5 Å². The van der Waals surface area contributed by atoms with Gasteiger partial charge in [0.25, 0.3) is 0 Å². The van der Waals surface area contributed by atoms with Gasteiger partial charge < -0.3 is 14.8 Å². The summed E-state index contributed by atoms with van der Waals surface area (Å²) in [5.74, 6) is 1.59. The first-order chi connectivity index (χ1) is 10.2. The molecule has 0 bridgehead atoms. The van der Waals surface area contributed by atoms with Gasteiger partial charge in [-0.05, 0) is 53.4 Å². The van der Waals surface area contributed by atoms with Crippen molar-refractivity contribution in [3.05, 3.63) is 22.2 Å². The molecule has 1 fully saturated rings. The maximum absolute atomic E-state index is 5.63. The van der Waals surface area contributed by atoms with E-state index in [1.54, 1.807) is 7.11 Å². The number of benzene rings is 1. The van der Waals surface area contributed by atoms with Gasteiger partial charge in [0.05, 0.1) is 18.2 Å². The lowest BCUT2D eigenvalue weighted by Crippen LogP contribution is -2.27. The summed E-state index contributed by atoms with van der Waals surface area (Å²) in [6.45, 7) is 3.49. The van der Waals surface area contributed by atoms with E-state index in [0.29, 0.717) is 12.6 Å². The van der Waals surface area contributed by atoms with Crippen molar-refractivity contribution in [3.8, 4) is 11.5 Å². The van der Waals surface area contributed by atoms with Crippen molar-refractivity contribution in [2.75, 3.05) is 13.7 Å². The fourth-order valence-corrected chi connectivity index (χ4v) is 3.51. The Kier molecular flexibility index (Phi) is 9.22. The van der Waals surface area contributed by atoms with Crippen LogP contribution in [-0.4, -0.2) is 19.8 Å². The number of nitrogens with one attached hydrogen (secondary N) is 1. The van der Waals surface area contributed by atoms with E-state index in [9.17, 15) is 0 Å². The zero-order valence-corrected chi connectivity index (χ0v) is 15.9. The molecular formula is C17H27BrClNO2. The molecule has 0 heterocycles. The van der Waals surface area contributed by atoms with Crippen molar-refractivity contribution >= 4 is 28.3 Å². The maximum atomic E-state index is 5.63. The lowest BCUT2D eigenvalue weighted by atomic mass is 10.1. The minimum absolute atomic E-state index is 0. The molecule has 22 heavy (non-hydrogen) atoms. The van der Waals surface area contributed by atoms with E-state index < -0.39 is 0 Å². The minimum Gasteiger partial charge on any atom is -0.493 e. The van der Waals surface area contributed by atoms with E-state index >= 15 is 0 Å². The zero-order valence-electron chi connectivity index (χ0n) is 13.5. The predicted octanol–water partition coefficient (Wildman–Crippen LogP) is 5.09. The van der Waals surface area contributed by atoms with Gasteiger partial charge in [-0.25, -0.2) is 0 Å². The van der Waals surface area contributed by atoms with Gasteiger partial charge in [0, 0.05) is 12.6 Å². The third-order valence-corrected chi connectivity index (χ3v) is 4.62. The Morgan fingerprint density at radius 1 is 1.18 bits per heavy atom. The van der Waals surface area contributed by atoms with Gasteiger partial charge in [-0.3, -0.25) is 0 Å². The van der Waals surface area contributed by atoms with Crippen LogP contribution >= 0.6 is 28.3 Å². The number of halogens is 2. The van der Waals surface area contributed by atoms with Crippen LogP contribution in [0.25, 0.3) is 0 Å². The number of hydrogen-bond donors (Lipinski definition) is 1. The third kappa shape index (κ3) is 5.64. The van der Waals surface area contributed by atoms with Gasteiger partial charge in [-0.2, -0.15) is 0 Å². The Morgan fingerprint density at radius 2 is 1.86 bits per heavy atom. The summed E-state index contributed by atoms with van der Waals surface area (Å²) in [5.41, 5.74) is 1.23. The first-order valence-corrected chi connectivity index (χ1v) is 8.76. The maximum Gasteiger partial charge on any atom is 0.175 e. The van der Waals surface area contributed by atoms with Crippen molar-refractivity contribution in [1.29, 1.82) is 0 Å². The standard InChI is InChI=1S/C17H26BrNO2.ClH/c1-3-21-17-15(18)10-13(11-16(17)20-2)12-19-14-8-6-4-5-7-9-14;/h10-11,14,19H,3-9,12H2,1-2H3;1H. The quantitative estimate of drug-likeness (QED) is 0.684. The van der Waals surface area contributed by atoms with E-state index in [0.717, 1.165) is 22.5 Å². The Hall–Kier alpha value is -0.450. The molecule has 0 atom stereocenters. The minimum atomic E-state index is 0. The molecule has 0 amide bonds. The lowest BCUT2D eigenvalue weighted by Gasteiger charge is -2.18. The second-order valence-corrected chi connectivity index (χ2v) is 6.47.